The molecule has 0 saturated carbocycles. The van der Waals surface area contributed by atoms with E-state index in [4.69, 9.17) is 15.2 Å². The summed E-state index contributed by atoms with van der Waals surface area (Å²) in [6.45, 7) is 4.97. The fourth-order valence-electron chi connectivity index (χ4n) is 2.04. The van der Waals surface area contributed by atoms with Crippen molar-refractivity contribution in [2.45, 2.75) is 0 Å². The summed E-state index contributed by atoms with van der Waals surface area (Å²) >= 11 is 0. The summed E-state index contributed by atoms with van der Waals surface area (Å²) < 4.78 is 10.0. The van der Waals surface area contributed by atoms with Crippen molar-refractivity contribution in [3.8, 4) is 0 Å². The maximum atomic E-state index is 11.7. The molecule has 0 unspecified atom stereocenters. The third-order valence-corrected chi connectivity index (χ3v) is 3.14. The number of methoxy groups -OCH3 is 1. The molecule has 1 aliphatic heterocycles. The minimum Gasteiger partial charge on any atom is -0.465 e. The first-order valence-electron chi connectivity index (χ1n) is 6.58. The average molecular weight is 280 g/mol. The van der Waals surface area contributed by atoms with Crippen LogP contribution >= 0.6 is 0 Å². The minimum absolute atomic E-state index is 0.356. The van der Waals surface area contributed by atoms with E-state index in [9.17, 15) is 4.79 Å². The first-order chi connectivity index (χ1) is 9.70. The van der Waals surface area contributed by atoms with E-state index in [2.05, 4.69) is 15.2 Å². The van der Waals surface area contributed by atoms with E-state index >= 15 is 0 Å². The molecule has 2 rings (SSSR count). The molecule has 3 N–H and O–H groups in total. The highest BCUT2D eigenvalue weighted by molar-refractivity contribution is 5.95. The second-order valence-electron chi connectivity index (χ2n) is 4.54. The van der Waals surface area contributed by atoms with Crippen molar-refractivity contribution in [1.29, 1.82) is 0 Å². The minimum atomic E-state index is -0.446. The van der Waals surface area contributed by atoms with E-state index in [1.807, 2.05) is 0 Å². The van der Waals surface area contributed by atoms with Crippen LogP contribution in [-0.4, -0.2) is 62.4 Å². The Morgan fingerprint density at radius 1 is 1.55 bits per heavy atom. The number of nitrogens with one attached hydrogen (secondary N) is 1. The number of anilines is 2. The third-order valence-electron chi connectivity index (χ3n) is 3.14. The number of nitrogen functional groups attached to an aromatic ring is 1. The Hall–Kier alpha value is -1.86. The Morgan fingerprint density at radius 2 is 2.30 bits per heavy atom. The molecule has 1 fully saturated rings. The van der Waals surface area contributed by atoms with Crippen molar-refractivity contribution >= 4 is 17.5 Å². The van der Waals surface area contributed by atoms with Crippen molar-refractivity contribution < 1.29 is 14.3 Å². The SMILES string of the molecule is COC(=O)c1cc(N)cnc1NCCN1CCOCC1. The quantitative estimate of drug-likeness (QED) is 0.744. The molecule has 0 amide bonds. The number of ether oxygens (including phenoxy) is 2. The summed E-state index contributed by atoms with van der Waals surface area (Å²) in [5.74, 6) is 0.0537. The van der Waals surface area contributed by atoms with Gasteiger partial charge >= 0.3 is 5.97 Å². The number of rotatable bonds is 5. The van der Waals surface area contributed by atoms with Crippen LogP contribution in [0.2, 0.25) is 0 Å². The molecule has 0 spiro atoms. The summed E-state index contributed by atoms with van der Waals surface area (Å²) in [7, 11) is 1.34. The van der Waals surface area contributed by atoms with Crippen LogP contribution in [0.25, 0.3) is 0 Å². The monoisotopic (exact) mass is 280 g/mol. The van der Waals surface area contributed by atoms with Gasteiger partial charge < -0.3 is 20.5 Å². The molecular weight excluding hydrogens is 260 g/mol. The standard InChI is InChI=1S/C13H20N4O3/c1-19-13(18)11-8-10(14)9-16-12(11)15-2-3-17-4-6-20-7-5-17/h8-9H,2-7,14H2,1H3,(H,15,16). The first-order valence-corrected chi connectivity index (χ1v) is 6.58. The van der Waals surface area contributed by atoms with Gasteiger partial charge in [0, 0.05) is 26.2 Å². The zero-order chi connectivity index (χ0) is 14.4. The highest BCUT2D eigenvalue weighted by Gasteiger charge is 2.14. The van der Waals surface area contributed by atoms with Crippen LogP contribution in [0.3, 0.4) is 0 Å². The lowest BCUT2D eigenvalue weighted by atomic mass is 10.2. The molecule has 110 valence electrons. The lowest BCUT2D eigenvalue weighted by Crippen LogP contribution is -2.39. The van der Waals surface area contributed by atoms with Crippen LogP contribution in [-0.2, 0) is 9.47 Å². The van der Waals surface area contributed by atoms with E-state index in [0.29, 0.717) is 23.6 Å². The van der Waals surface area contributed by atoms with Crippen molar-refractivity contribution in [2.75, 3.05) is 57.6 Å². The number of carbonyl (C=O) groups excluding carboxylic acids is 1. The Bertz CT molecular complexity index is 461. The second-order valence-corrected chi connectivity index (χ2v) is 4.54. The largest absolute Gasteiger partial charge is 0.465 e. The van der Waals surface area contributed by atoms with Gasteiger partial charge in [0.05, 0.1) is 32.2 Å². The number of morpholine rings is 1. The third kappa shape index (κ3) is 3.82. The lowest BCUT2D eigenvalue weighted by Gasteiger charge is -2.26. The number of pyridine rings is 1. The van der Waals surface area contributed by atoms with Gasteiger partial charge in [0.15, 0.2) is 0 Å². The summed E-state index contributed by atoms with van der Waals surface area (Å²) in [6.07, 6.45) is 1.52. The maximum Gasteiger partial charge on any atom is 0.341 e. The van der Waals surface area contributed by atoms with Crippen LogP contribution < -0.4 is 11.1 Å². The molecular formula is C13H20N4O3. The van der Waals surface area contributed by atoms with Gasteiger partial charge in [0.25, 0.3) is 0 Å². The summed E-state index contributed by atoms with van der Waals surface area (Å²) in [5.41, 5.74) is 6.44. The van der Waals surface area contributed by atoms with E-state index in [0.717, 1.165) is 32.8 Å². The number of nitrogens with two attached hydrogens (primary N) is 1. The summed E-state index contributed by atoms with van der Waals surface area (Å²) in [5, 5.41) is 3.15. The molecule has 20 heavy (non-hydrogen) atoms. The molecule has 7 heteroatoms. The number of hydrogen-bond donors (Lipinski definition) is 2. The fourth-order valence-corrected chi connectivity index (χ4v) is 2.04. The van der Waals surface area contributed by atoms with Gasteiger partial charge in [-0.05, 0) is 6.07 Å². The van der Waals surface area contributed by atoms with Crippen molar-refractivity contribution in [3.05, 3.63) is 17.8 Å². The maximum absolute atomic E-state index is 11.7. The van der Waals surface area contributed by atoms with Crippen molar-refractivity contribution in [3.63, 3.8) is 0 Å². The van der Waals surface area contributed by atoms with E-state index in [1.165, 1.54) is 13.3 Å². The first kappa shape index (κ1) is 14.5. The van der Waals surface area contributed by atoms with Crippen LogP contribution in [0.1, 0.15) is 10.4 Å². The van der Waals surface area contributed by atoms with Gasteiger partial charge in [-0.15, -0.1) is 0 Å². The van der Waals surface area contributed by atoms with Gasteiger partial charge in [-0.2, -0.15) is 0 Å². The van der Waals surface area contributed by atoms with Crippen molar-refractivity contribution in [2.24, 2.45) is 0 Å². The zero-order valence-corrected chi connectivity index (χ0v) is 11.6. The summed E-state index contributed by atoms with van der Waals surface area (Å²) in [4.78, 5) is 18.1. The number of nitrogens with zero attached hydrogens (tertiary/aromatic N) is 2. The van der Waals surface area contributed by atoms with Gasteiger partial charge in [-0.1, -0.05) is 0 Å². The predicted octanol–water partition coefficient (Wildman–Crippen LogP) is 0.195. The normalized spacial score (nSPS) is 15.8. The zero-order valence-electron chi connectivity index (χ0n) is 11.6. The van der Waals surface area contributed by atoms with E-state index < -0.39 is 5.97 Å². The van der Waals surface area contributed by atoms with E-state index in [1.54, 1.807) is 6.07 Å². The molecule has 1 aromatic rings. The van der Waals surface area contributed by atoms with Crippen LogP contribution in [0.4, 0.5) is 11.5 Å². The van der Waals surface area contributed by atoms with Crippen LogP contribution in [0.15, 0.2) is 12.3 Å². The van der Waals surface area contributed by atoms with Gasteiger partial charge in [-0.25, -0.2) is 9.78 Å². The number of esters is 1. The Kier molecular flexibility index (Phi) is 5.14. The predicted molar refractivity (Wildman–Crippen MR) is 75.7 cm³/mol. The average Bonchev–Trinajstić information content (AvgIpc) is 2.49. The molecule has 0 atom stereocenters. The van der Waals surface area contributed by atoms with Gasteiger partial charge in [0.1, 0.15) is 11.4 Å². The Balaban J connectivity index is 1.92. The second kappa shape index (κ2) is 7.06. The topological polar surface area (TPSA) is 89.7 Å². The van der Waals surface area contributed by atoms with Crippen LogP contribution in [0.5, 0.6) is 0 Å². The van der Waals surface area contributed by atoms with Gasteiger partial charge in [0.2, 0.25) is 0 Å². The Labute approximate surface area is 118 Å². The fraction of sp³-hybridized carbons (Fsp3) is 0.538. The summed E-state index contributed by atoms with van der Waals surface area (Å²) in [6, 6.07) is 1.57. The van der Waals surface area contributed by atoms with Crippen molar-refractivity contribution in [1.82, 2.24) is 9.88 Å². The molecule has 0 aliphatic carbocycles. The van der Waals surface area contributed by atoms with Gasteiger partial charge in [-0.3, -0.25) is 4.90 Å². The molecule has 1 aliphatic rings. The molecule has 1 saturated heterocycles. The molecule has 1 aromatic heterocycles. The number of aromatic nitrogens is 1. The molecule has 0 bridgehead atoms. The number of carbonyl (C=O) groups is 1. The van der Waals surface area contributed by atoms with Crippen LogP contribution in [0, 0.1) is 0 Å². The molecule has 0 aromatic carbocycles. The molecule has 7 nitrogen and oxygen atoms in total. The Morgan fingerprint density at radius 3 is 3.00 bits per heavy atom. The number of hydrogen-bond acceptors (Lipinski definition) is 7. The molecule has 2 heterocycles. The van der Waals surface area contributed by atoms with E-state index in [-0.39, 0.29) is 0 Å². The molecule has 0 radical (unpaired) electrons. The lowest BCUT2D eigenvalue weighted by molar-refractivity contribution is 0.0398. The highest BCUT2D eigenvalue weighted by atomic mass is 16.5. The smallest absolute Gasteiger partial charge is 0.341 e. The highest BCUT2D eigenvalue weighted by Crippen LogP contribution is 2.16.